The van der Waals surface area contributed by atoms with E-state index in [0.29, 0.717) is 46.3 Å². The minimum atomic E-state index is -0.470. The van der Waals surface area contributed by atoms with Crippen LogP contribution in [0.4, 0.5) is 14.3 Å². The SMILES string of the molecule is CCNC(=O)Nc1nc2c(F)c(-c3csc(CN[C@@H](C)C(=O)OCC)c3)cc(-c3ccccn3)c2s1. The molecule has 3 N–H and O–H groups in total. The number of hydrogen-bond donors (Lipinski definition) is 3. The Morgan fingerprint density at radius 3 is 2.75 bits per heavy atom. The number of carbonyl (C=O) groups is 2. The highest BCUT2D eigenvalue weighted by Crippen LogP contribution is 2.41. The van der Waals surface area contributed by atoms with Crippen LogP contribution in [-0.2, 0) is 16.1 Å². The lowest BCUT2D eigenvalue weighted by Gasteiger charge is -2.11. The van der Waals surface area contributed by atoms with E-state index in [2.05, 4.69) is 25.9 Å². The molecular weight excluding hydrogens is 501 g/mol. The van der Waals surface area contributed by atoms with Crippen LogP contribution < -0.4 is 16.0 Å². The Morgan fingerprint density at radius 2 is 2.03 bits per heavy atom. The molecule has 0 bridgehead atoms. The number of esters is 1. The molecule has 0 fully saturated rings. The molecule has 3 heterocycles. The van der Waals surface area contributed by atoms with Crippen LogP contribution in [0.25, 0.3) is 32.6 Å². The van der Waals surface area contributed by atoms with E-state index in [1.54, 1.807) is 26.1 Å². The van der Waals surface area contributed by atoms with Crippen molar-refractivity contribution in [1.29, 1.82) is 0 Å². The Kier molecular flexibility index (Phi) is 8.24. The van der Waals surface area contributed by atoms with Crippen molar-refractivity contribution in [1.82, 2.24) is 20.6 Å². The highest BCUT2D eigenvalue weighted by atomic mass is 32.1. The monoisotopic (exact) mass is 527 g/mol. The number of benzene rings is 1. The number of pyridine rings is 1. The third kappa shape index (κ3) is 5.69. The number of thiazole rings is 1. The third-order valence-corrected chi connectivity index (χ3v) is 7.23. The molecule has 0 radical (unpaired) electrons. The number of amides is 2. The van der Waals surface area contributed by atoms with Gasteiger partial charge in [0.25, 0.3) is 0 Å². The Labute approximate surface area is 215 Å². The lowest BCUT2D eigenvalue weighted by Crippen LogP contribution is -2.34. The van der Waals surface area contributed by atoms with Crippen molar-refractivity contribution >= 4 is 50.0 Å². The molecule has 0 aliphatic carbocycles. The lowest BCUT2D eigenvalue weighted by molar-refractivity contribution is -0.145. The van der Waals surface area contributed by atoms with Crippen LogP contribution in [0.5, 0.6) is 0 Å². The molecule has 11 heteroatoms. The standard InChI is InChI=1S/C25H26FN5O3S2/c1-4-27-24(33)31-25-30-21-20(26)17(11-18(22(21)36-25)19-8-6-7-9-28-19)15-10-16(35-13-15)12-29-14(3)23(32)34-5-2/h6-11,13-14,29H,4-5,12H2,1-3H3,(H2,27,30,31,33)/t14-/m0/s1. The number of fused-ring (bicyclic) bond motifs is 1. The largest absolute Gasteiger partial charge is 0.465 e. The van der Waals surface area contributed by atoms with E-state index >= 15 is 4.39 Å². The summed E-state index contributed by atoms with van der Waals surface area (Å²) in [4.78, 5) is 33.7. The topological polar surface area (TPSA) is 105 Å². The van der Waals surface area contributed by atoms with Gasteiger partial charge in [-0.15, -0.1) is 11.3 Å². The first-order valence-electron chi connectivity index (χ1n) is 11.5. The van der Waals surface area contributed by atoms with Crippen molar-refractivity contribution in [2.45, 2.75) is 33.4 Å². The molecule has 188 valence electrons. The van der Waals surface area contributed by atoms with Gasteiger partial charge in [-0.25, -0.2) is 14.2 Å². The summed E-state index contributed by atoms with van der Waals surface area (Å²) >= 11 is 2.67. The van der Waals surface area contributed by atoms with Crippen molar-refractivity contribution < 1.29 is 18.7 Å². The van der Waals surface area contributed by atoms with Gasteiger partial charge in [-0.1, -0.05) is 17.4 Å². The maximum atomic E-state index is 15.8. The summed E-state index contributed by atoms with van der Waals surface area (Å²) in [7, 11) is 0. The molecular formula is C25H26FN5O3S2. The first kappa shape index (κ1) is 25.7. The number of rotatable bonds is 9. The molecule has 3 aromatic heterocycles. The molecule has 4 aromatic rings. The molecule has 0 aliphatic rings. The second-order valence-corrected chi connectivity index (χ2v) is 9.83. The van der Waals surface area contributed by atoms with Crippen molar-refractivity contribution in [2.24, 2.45) is 0 Å². The van der Waals surface area contributed by atoms with Crippen LogP contribution in [0, 0.1) is 5.82 Å². The summed E-state index contributed by atoms with van der Waals surface area (Å²) in [6.45, 7) is 6.55. The highest BCUT2D eigenvalue weighted by Gasteiger charge is 2.21. The fraction of sp³-hybridized carbons (Fsp3) is 0.280. The van der Waals surface area contributed by atoms with Gasteiger partial charge in [-0.3, -0.25) is 20.4 Å². The Hall–Kier alpha value is -3.41. The summed E-state index contributed by atoms with van der Waals surface area (Å²) in [6.07, 6.45) is 1.68. The van der Waals surface area contributed by atoms with Crippen molar-refractivity contribution in [3.8, 4) is 22.4 Å². The Bertz CT molecular complexity index is 1370. The van der Waals surface area contributed by atoms with Crippen molar-refractivity contribution in [3.05, 3.63) is 52.6 Å². The van der Waals surface area contributed by atoms with Gasteiger partial charge in [0.15, 0.2) is 10.9 Å². The molecule has 8 nitrogen and oxygen atoms in total. The van der Waals surface area contributed by atoms with Gasteiger partial charge in [0, 0.05) is 35.3 Å². The molecule has 2 amide bonds. The zero-order chi connectivity index (χ0) is 25.7. The Balaban J connectivity index is 1.70. The Morgan fingerprint density at radius 1 is 1.19 bits per heavy atom. The maximum absolute atomic E-state index is 15.8. The zero-order valence-corrected chi connectivity index (χ0v) is 21.7. The molecule has 0 saturated carbocycles. The minimum absolute atomic E-state index is 0.173. The van der Waals surface area contributed by atoms with E-state index < -0.39 is 17.9 Å². The molecule has 0 spiro atoms. The average Bonchev–Trinajstić information content (AvgIpc) is 3.51. The molecule has 4 rings (SSSR count). The van der Waals surface area contributed by atoms with Gasteiger partial charge < -0.3 is 10.1 Å². The third-order valence-electron chi connectivity index (χ3n) is 5.29. The summed E-state index contributed by atoms with van der Waals surface area (Å²) in [5.41, 5.74) is 2.66. The molecule has 0 unspecified atom stereocenters. The molecule has 0 aliphatic heterocycles. The number of nitrogens with one attached hydrogen (secondary N) is 3. The number of anilines is 1. The normalized spacial score (nSPS) is 11.9. The number of nitrogens with zero attached hydrogens (tertiary/aromatic N) is 2. The summed E-state index contributed by atoms with van der Waals surface area (Å²) < 4.78 is 21.4. The highest BCUT2D eigenvalue weighted by molar-refractivity contribution is 7.22. The van der Waals surface area contributed by atoms with Crippen LogP contribution in [0.1, 0.15) is 25.6 Å². The average molecular weight is 528 g/mol. The first-order chi connectivity index (χ1) is 17.4. The number of ether oxygens (including phenoxy) is 1. The van der Waals surface area contributed by atoms with Crippen LogP contribution in [0.15, 0.2) is 41.9 Å². The molecule has 1 atom stereocenters. The number of aromatic nitrogens is 2. The van der Waals surface area contributed by atoms with Gasteiger partial charge in [0.2, 0.25) is 0 Å². The van der Waals surface area contributed by atoms with Crippen LogP contribution >= 0.6 is 22.7 Å². The second kappa shape index (κ2) is 11.5. The lowest BCUT2D eigenvalue weighted by atomic mass is 10.0. The predicted molar refractivity (Wildman–Crippen MR) is 142 cm³/mol. The number of hydrogen-bond acceptors (Lipinski definition) is 8. The van der Waals surface area contributed by atoms with Crippen LogP contribution in [0.2, 0.25) is 0 Å². The number of thiophene rings is 1. The fourth-order valence-corrected chi connectivity index (χ4v) is 5.36. The van der Waals surface area contributed by atoms with Gasteiger partial charge in [-0.05, 0) is 56.0 Å². The van der Waals surface area contributed by atoms with Gasteiger partial charge in [0.05, 0.1) is 17.0 Å². The predicted octanol–water partition coefficient (Wildman–Crippen LogP) is 5.41. The van der Waals surface area contributed by atoms with E-state index in [9.17, 15) is 9.59 Å². The van der Waals surface area contributed by atoms with E-state index in [0.717, 1.165) is 10.4 Å². The fourth-order valence-electron chi connectivity index (χ4n) is 3.55. The van der Waals surface area contributed by atoms with E-state index in [1.807, 2.05) is 36.6 Å². The maximum Gasteiger partial charge on any atom is 0.322 e. The quantitative estimate of drug-likeness (QED) is 0.252. The van der Waals surface area contributed by atoms with Gasteiger partial charge in [0.1, 0.15) is 11.6 Å². The van der Waals surface area contributed by atoms with E-state index in [-0.39, 0.29) is 11.5 Å². The summed E-state index contributed by atoms with van der Waals surface area (Å²) in [5, 5.41) is 10.6. The first-order valence-corrected chi connectivity index (χ1v) is 13.2. The van der Waals surface area contributed by atoms with Crippen molar-refractivity contribution in [3.63, 3.8) is 0 Å². The van der Waals surface area contributed by atoms with Gasteiger partial charge >= 0.3 is 12.0 Å². The summed E-state index contributed by atoms with van der Waals surface area (Å²) in [5.74, 6) is -0.784. The summed E-state index contributed by atoms with van der Waals surface area (Å²) in [6, 6.07) is 8.35. The van der Waals surface area contributed by atoms with E-state index in [4.69, 9.17) is 4.74 Å². The molecule has 1 aromatic carbocycles. The van der Waals surface area contributed by atoms with Crippen molar-refractivity contribution in [2.75, 3.05) is 18.5 Å². The van der Waals surface area contributed by atoms with Crippen LogP contribution in [-0.4, -0.2) is 41.2 Å². The number of urea groups is 1. The minimum Gasteiger partial charge on any atom is -0.465 e. The molecule has 0 saturated heterocycles. The van der Waals surface area contributed by atoms with E-state index in [1.165, 1.54) is 22.7 Å². The number of carbonyl (C=O) groups excluding carboxylic acids is 2. The number of halogens is 1. The second-order valence-electron chi connectivity index (χ2n) is 7.84. The zero-order valence-electron chi connectivity index (χ0n) is 20.1. The smallest absolute Gasteiger partial charge is 0.322 e. The molecule has 36 heavy (non-hydrogen) atoms. The van der Waals surface area contributed by atoms with Gasteiger partial charge in [-0.2, -0.15) is 0 Å². The van der Waals surface area contributed by atoms with Crippen LogP contribution in [0.3, 0.4) is 0 Å².